The van der Waals surface area contributed by atoms with E-state index in [4.69, 9.17) is 0 Å². The molecule has 1 amide bonds. The number of benzene rings is 5. The smallest absolute Gasteiger partial charge is 0.225 e. The van der Waals surface area contributed by atoms with Gasteiger partial charge in [-0.15, -0.1) is 0 Å². The van der Waals surface area contributed by atoms with Crippen LogP contribution in [0.5, 0.6) is 0 Å². The van der Waals surface area contributed by atoms with Crippen LogP contribution in [0.4, 0.5) is 5.69 Å². The summed E-state index contributed by atoms with van der Waals surface area (Å²) in [6, 6.07) is 34.1. The molecule has 5 aromatic rings. The number of hydrogen-bond donors (Lipinski definition) is 2. The summed E-state index contributed by atoms with van der Waals surface area (Å²) >= 11 is 0. The summed E-state index contributed by atoms with van der Waals surface area (Å²) in [5.74, 6) is -1.56. The predicted octanol–water partition coefficient (Wildman–Crippen LogP) is 7.08. The van der Waals surface area contributed by atoms with Gasteiger partial charge in [-0.25, -0.2) is 0 Å². The van der Waals surface area contributed by atoms with Gasteiger partial charge in [0.15, 0.2) is 11.6 Å². The monoisotopic (exact) mass is 539 g/mol. The fourth-order valence-electron chi connectivity index (χ4n) is 6.95. The molecule has 1 saturated carbocycles. The number of amides is 1. The highest BCUT2D eigenvalue weighted by Crippen LogP contribution is 2.54. The molecule has 0 bridgehead atoms. The van der Waals surface area contributed by atoms with Crippen molar-refractivity contribution < 1.29 is 19.5 Å². The zero-order chi connectivity index (χ0) is 28.2. The molecule has 1 aliphatic carbocycles. The van der Waals surface area contributed by atoms with Crippen molar-refractivity contribution in [2.45, 2.75) is 31.3 Å². The molecular weight excluding hydrogens is 510 g/mol. The van der Waals surface area contributed by atoms with Gasteiger partial charge in [0.2, 0.25) is 5.91 Å². The molecule has 5 heteroatoms. The summed E-state index contributed by atoms with van der Waals surface area (Å²) in [5, 5.41) is 19.3. The van der Waals surface area contributed by atoms with E-state index in [1.807, 2.05) is 78.9 Å². The summed E-state index contributed by atoms with van der Waals surface area (Å²) in [6.45, 7) is 0. The van der Waals surface area contributed by atoms with E-state index in [1.165, 1.54) is 0 Å². The van der Waals surface area contributed by atoms with E-state index in [-0.39, 0.29) is 36.7 Å². The van der Waals surface area contributed by atoms with Crippen LogP contribution in [-0.4, -0.2) is 22.6 Å². The van der Waals surface area contributed by atoms with Gasteiger partial charge < -0.3 is 10.4 Å². The molecule has 1 spiro atoms. The molecule has 0 unspecified atom stereocenters. The number of hydrogen-bond acceptors (Lipinski definition) is 4. The number of carbonyl (C=O) groups is 3. The van der Waals surface area contributed by atoms with E-state index in [9.17, 15) is 19.5 Å². The fourth-order valence-corrected chi connectivity index (χ4v) is 6.95. The number of fused-ring (bicyclic) bond motifs is 3. The van der Waals surface area contributed by atoms with Crippen molar-refractivity contribution in [1.82, 2.24) is 0 Å². The van der Waals surface area contributed by atoms with Crippen molar-refractivity contribution in [2.75, 3.05) is 5.32 Å². The molecule has 1 aliphatic heterocycles. The SMILES string of the molecule is O=C1C[C@@]2(CC[C@](O)(c3ccc4ccccc4c3)[C@@H](C(=O)c3ccc4ccccc4c3)C2)C(=O)c2ccccc2N1. The highest BCUT2D eigenvalue weighted by Gasteiger charge is 2.56. The maximum atomic E-state index is 14.5. The Bertz CT molecular complexity index is 1880. The number of Topliss-reactive ketones (excluding diaryl/α,β-unsaturated/α-hetero) is 2. The average molecular weight is 540 g/mol. The lowest BCUT2D eigenvalue weighted by molar-refractivity contribution is -0.120. The third-order valence-electron chi connectivity index (χ3n) is 9.18. The average Bonchev–Trinajstić information content (AvgIpc) is 3.11. The van der Waals surface area contributed by atoms with Crippen LogP contribution in [-0.2, 0) is 10.4 Å². The Morgan fingerprint density at radius 2 is 1.37 bits per heavy atom. The van der Waals surface area contributed by atoms with Crippen molar-refractivity contribution in [2.24, 2.45) is 11.3 Å². The van der Waals surface area contributed by atoms with E-state index in [2.05, 4.69) is 5.32 Å². The van der Waals surface area contributed by atoms with Gasteiger partial charge in [0.05, 0.1) is 17.2 Å². The van der Waals surface area contributed by atoms with Gasteiger partial charge in [0.1, 0.15) is 0 Å². The summed E-state index contributed by atoms with van der Waals surface area (Å²) in [7, 11) is 0. The van der Waals surface area contributed by atoms with Gasteiger partial charge in [-0.1, -0.05) is 84.9 Å². The highest BCUT2D eigenvalue weighted by atomic mass is 16.3. The molecule has 0 radical (unpaired) electrons. The molecule has 1 heterocycles. The van der Waals surface area contributed by atoms with Crippen LogP contribution in [0.1, 0.15) is 52.0 Å². The molecule has 1 fully saturated rings. The topological polar surface area (TPSA) is 83.5 Å². The van der Waals surface area contributed by atoms with Gasteiger partial charge in [-0.05, 0) is 70.6 Å². The van der Waals surface area contributed by atoms with E-state index in [0.29, 0.717) is 28.8 Å². The molecular formula is C36H29NO4. The maximum Gasteiger partial charge on any atom is 0.225 e. The van der Waals surface area contributed by atoms with Crippen LogP contribution in [0.15, 0.2) is 109 Å². The zero-order valence-corrected chi connectivity index (χ0v) is 22.5. The zero-order valence-electron chi connectivity index (χ0n) is 22.5. The van der Waals surface area contributed by atoms with Crippen LogP contribution >= 0.6 is 0 Å². The van der Waals surface area contributed by atoms with Crippen LogP contribution in [0.25, 0.3) is 21.5 Å². The highest BCUT2D eigenvalue weighted by molar-refractivity contribution is 6.13. The second-order valence-corrected chi connectivity index (χ2v) is 11.5. The molecule has 202 valence electrons. The number of carbonyl (C=O) groups excluding carboxylic acids is 3. The van der Waals surface area contributed by atoms with Crippen LogP contribution < -0.4 is 5.32 Å². The quantitative estimate of drug-likeness (QED) is 0.240. The predicted molar refractivity (Wildman–Crippen MR) is 160 cm³/mol. The van der Waals surface area contributed by atoms with Crippen molar-refractivity contribution in [3.8, 4) is 0 Å². The summed E-state index contributed by atoms with van der Waals surface area (Å²) in [5.41, 5.74) is -0.539. The van der Waals surface area contributed by atoms with Crippen molar-refractivity contribution in [3.63, 3.8) is 0 Å². The number of anilines is 1. The molecule has 41 heavy (non-hydrogen) atoms. The lowest BCUT2D eigenvalue weighted by atomic mass is 9.56. The minimum absolute atomic E-state index is 0.0319. The van der Waals surface area contributed by atoms with Crippen molar-refractivity contribution in [3.05, 3.63) is 126 Å². The molecule has 7 rings (SSSR count). The number of nitrogens with one attached hydrogen (secondary N) is 1. The second kappa shape index (κ2) is 9.50. The Morgan fingerprint density at radius 3 is 2.12 bits per heavy atom. The molecule has 3 atom stereocenters. The van der Waals surface area contributed by atoms with Crippen molar-refractivity contribution >= 4 is 44.7 Å². The summed E-state index contributed by atoms with van der Waals surface area (Å²) in [4.78, 5) is 41.8. The second-order valence-electron chi connectivity index (χ2n) is 11.5. The molecule has 2 N–H and O–H groups in total. The van der Waals surface area contributed by atoms with E-state index in [0.717, 1.165) is 21.5 Å². The third-order valence-corrected chi connectivity index (χ3v) is 9.18. The summed E-state index contributed by atoms with van der Waals surface area (Å²) in [6.07, 6.45) is 0.507. The number of rotatable bonds is 3. The van der Waals surface area contributed by atoms with Gasteiger partial charge in [-0.3, -0.25) is 14.4 Å². The lowest BCUT2D eigenvalue weighted by Crippen LogP contribution is -2.51. The normalized spacial score (nSPS) is 24.2. The molecule has 0 aromatic heterocycles. The molecule has 2 aliphatic rings. The largest absolute Gasteiger partial charge is 0.384 e. The Balaban J connectivity index is 1.37. The minimum Gasteiger partial charge on any atom is -0.384 e. The Labute approximate surface area is 237 Å². The first-order chi connectivity index (χ1) is 19.9. The van der Waals surface area contributed by atoms with Gasteiger partial charge in [0, 0.05) is 23.0 Å². The van der Waals surface area contributed by atoms with Crippen LogP contribution in [0.2, 0.25) is 0 Å². The van der Waals surface area contributed by atoms with E-state index < -0.39 is 16.9 Å². The Kier molecular flexibility index (Phi) is 5.87. The maximum absolute atomic E-state index is 14.5. The fraction of sp³-hybridized carbons (Fsp3) is 0.194. The minimum atomic E-state index is -1.51. The molecule has 0 saturated heterocycles. The first-order valence-electron chi connectivity index (χ1n) is 14.0. The van der Waals surface area contributed by atoms with E-state index >= 15 is 0 Å². The van der Waals surface area contributed by atoms with Crippen LogP contribution in [0.3, 0.4) is 0 Å². The Morgan fingerprint density at radius 1 is 0.732 bits per heavy atom. The number of aliphatic hydroxyl groups is 1. The van der Waals surface area contributed by atoms with Crippen molar-refractivity contribution in [1.29, 1.82) is 0 Å². The lowest BCUT2D eigenvalue weighted by Gasteiger charge is -2.47. The van der Waals surface area contributed by atoms with E-state index in [1.54, 1.807) is 30.3 Å². The number of para-hydroxylation sites is 1. The number of ketones is 2. The van der Waals surface area contributed by atoms with Gasteiger partial charge in [0.25, 0.3) is 0 Å². The summed E-state index contributed by atoms with van der Waals surface area (Å²) < 4.78 is 0. The first-order valence-corrected chi connectivity index (χ1v) is 14.0. The Hall–Kier alpha value is -4.61. The van der Waals surface area contributed by atoms with Gasteiger partial charge >= 0.3 is 0 Å². The standard InChI is InChI=1S/C36H29NO4/c38-32-22-35(34(40)29-11-5-6-12-31(29)37-32)17-18-36(41,28-16-15-24-8-2-4-10-26(24)20-28)30(21-35)33(39)27-14-13-23-7-1-3-9-25(23)19-27/h1-16,19-20,30,41H,17-18,21-22H2,(H,37,38)/t30-,35+,36+/m1/s1. The molecule has 5 aromatic carbocycles. The van der Waals surface area contributed by atoms with Gasteiger partial charge in [-0.2, -0.15) is 0 Å². The first kappa shape index (κ1) is 25.4. The molecule has 5 nitrogen and oxygen atoms in total. The van der Waals surface area contributed by atoms with Crippen LogP contribution in [0, 0.1) is 11.3 Å². The third kappa shape index (κ3) is 4.16.